The van der Waals surface area contributed by atoms with Gasteiger partial charge < -0.3 is 20.5 Å². The van der Waals surface area contributed by atoms with Crippen molar-refractivity contribution >= 4 is 11.9 Å². The number of hydrogen-bond donors (Lipinski definition) is 2. The van der Waals surface area contributed by atoms with Gasteiger partial charge in [-0.3, -0.25) is 9.59 Å². The molecule has 1 rings (SSSR count). The zero-order chi connectivity index (χ0) is 14.4. The molecule has 3 N–H and O–H groups in total. The van der Waals surface area contributed by atoms with Crippen LogP contribution >= 0.6 is 0 Å². The lowest BCUT2D eigenvalue weighted by molar-refractivity contribution is -0.145. The lowest BCUT2D eigenvalue weighted by Crippen LogP contribution is -2.47. The zero-order valence-electron chi connectivity index (χ0n) is 11.7. The molecule has 1 amide bonds. The Morgan fingerprint density at radius 3 is 2.63 bits per heavy atom. The third-order valence-electron chi connectivity index (χ3n) is 3.53. The molecule has 19 heavy (non-hydrogen) atoms. The van der Waals surface area contributed by atoms with Crippen molar-refractivity contribution in [2.24, 2.45) is 11.7 Å². The van der Waals surface area contributed by atoms with Gasteiger partial charge in [0.25, 0.3) is 0 Å². The van der Waals surface area contributed by atoms with Crippen molar-refractivity contribution in [3.63, 3.8) is 0 Å². The molecule has 6 heteroatoms. The standard InChI is InChI=1S/C13H24N2O4/c1-3-5-9(14)6-12(16)15(4-2)11-8-19-7-10(11)13(17)18/h9-11H,3-8,14H2,1-2H3,(H,17,18). The van der Waals surface area contributed by atoms with Crippen molar-refractivity contribution in [2.45, 2.75) is 45.2 Å². The number of amides is 1. The molecule has 0 aromatic rings. The number of carboxylic acids is 1. The molecule has 1 fully saturated rings. The minimum Gasteiger partial charge on any atom is -0.481 e. The van der Waals surface area contributed by atoms with E-state index in [2.05, 4.69) is 0 Å². The van der Waals surface area contributed by atoms with Crippen LogP contribution in [0.25, 0.3) is 0 Å². The van der Waals surface area contributed by atoms with E-state index in [1.165, 1.54) is 0 Å². The molecule has 0 aromatic carbocycles. The Labute approximate surface area is 113 Å². The predicted octanol–water partition coefficient (Wildman–Crippen LogP) is 0.452. The molecule has 3 atom stereocenters. The van der Waals surface area contributed by atoms with E-state index in [0.29, 0.717) is 13.2 Å². The summed E-state index contributed by atoms with van der Waals surface area (Å²) in [6, 6.07) is -0.527. The molecule has 1 aliphatic heterocycles. The van der Waals surface area contributed by atoms with Gasteiger partial charge in [0, 0.05) is 19.0 Å². The first-order valence-electron chi connectivity index (χ1n) is 6.86. The molecule has 3 unspecified atom stereocenters. The second-order valence-corrected chi connectivity index (χ2v) is 4.98. The third-order valence-corrected chi connectivity index (χ3v) is 3.53. The van der Waals surface area contributed by atoms with Crippen molar-refractivity contribution < 1.29 is 19.4 Å². The van der Waals surface area contributed by atoms with E-state index >= 15 is 0 Å². The summed E-state index contributed by atoms with van der Waals surface area (Å²) in [5.41, 5.74) is 5.88. The van der Waals surface area contributed by atoms with Gasteiger partial charge in [0.1, 0.15) is 5.92 Å². The Bertz CT molecular complexity index is 322. The topological polar surface area (TPSA) is 92.9 Å². The Kier molecular flexibility index (Phi) is 6.24. The monoisotopic (exact) mass is 272 g/mol. The highest BCUT2D eigenvalue weighted by Gasteiger charge is 2.39. The van der Waals surface area contributed by atoms with Crippen LogP contribution in [0.2, 0.25) is 0 Å². The van der Waals surface area contributed by atoms with Crippen molar-refractivity contribution in [3.8, 4) is 0 Å². The first kappa shape index (κ1) is 15.9. The summed E-state index contributed by atoms with van der Waals surface area (Å²) >= 11 is 0. The SMILES string of the molecule is CCCC(N)CC(=O)N(CC)C1COCC1C(=O)O. The number of nitrogens with zero attached hydrogens (tertiary/aromatic N) is 1. The largest absolute Gasteiger partial charge is 0.481 e. The Morgan fingerprint density at radius 2 is 2.11 bits per heavy atom. The predicted molar refractivity (Wildman–Crippen MR) is 70.6 cm³/mol. The molecule has 1 aliphatic rings. The molecule has 110 valence electrons. The lowest BCUT2D eigenvalue weighted by atomic mass is 10.0. The van der Waals surface area contributed by atoms with Crippen molar-refractivity contribution in [1.82, 2.24) is 4.90 Å². The van der Waals surface area contributed by atoms with Crippen molar-refractivity contribution in [2.75, 3.05) is 19.8 Å². The van der Waals surface area contributed by atoms with E-state index in [1.807, 2.05) is 13.8 Å². The molecule has 0 bridgehead atoms. The molecule has 0 aliphatic carbocycles. The Balaban J connectivity index is 2.66. The van der Waals surface area contributed by atoms with Gasteiger partial charge in [-0.2, -0.15) is 0 Å². The average Bonchev–Trinajstić information content (AvgIpc) is 2.79. The summed E-state index contributed by atoms with van der Waals surface area (Å²) in [5, 5.41) is 9.13. The minimum atomic E-state index is -0.911. The number of hydrogen-bond acceptors (Lipinski definition) is 4. The molecule has 0 saturated carbocycles. The Hall–Kier alpha value is -1.14. The van der Waals surface area contributed by atoms with Gasteiger partial charge in [0.2, 0.25) is 5.91 Å². The maximum Gasteiger partial charge on any atom is 0.311 e. The van der Waals surface area contributed by atoms with Crippen LogP contribution in [0.1, 0.15) is 33.1 Å². The number of ether oxygens (including phenoxy) is 1. The fourth-order valence-electron chi connectivity index (χ4n) is 2.50. The van der Waals surface area contributed by atoms with Crippen LogP contribution in [0.4, 0.5) is 0 Å². The van der Waals surface area contributed by atoms with E-state index in [9.17, 15) is 9.59 Å². The fraction of sp³-hybridized carbons (Fsp3) is 0.846. The van der Waals surface area contributed by atoms with Gasteiger partial charge in [0.15, 0.2) is 0 Å². The van der Waals surface area contributed by atoms with Gasteiger partial charge in [-0.25, -0.2) is 0 Å². The van der Waals surface area contributed by atoms with Gasteiger partial charge in [-0.15, -0.1) is 0 Å². The molecule has 0 aromatic heterocycles. The number of carbonyl (C=O) groups excluding carboxylic acids is 1. The molecular weight excluding hydrogens is 248 g/mol. The number of carbonyl (C=O) groups is 2. The van der Waals surface area contributed by atoms with Gasteiger partial charge in [0.05, 0.1) is 19.3 Å². The molecule has 0 spiro atoms. The maximum atomic E-state index is 12.2. The highest BCUT2D eigenvalue weighted by atomic mass is 16.5. The number of aliphatic carboxylic acids is 1. The van der Waals surface area contributed by atoms with Crippen molar-refractivity contribution in [1.29, 1.82) is 0 Å². The third kappa shape index (κ3) is 4.18. The van der Waals surface area contributed by atoms with E-state index in [4.69, 9.17) is 15.6 Å². The summed E-state index contributed by atoms with van der Waals surface area (Å²) < 4.78 is 5.21. The van der Waals surface area contributed by atoms with Crippen LogP contribution in [0, 0.1) is 5.92 Å². The second kappa shape index (κ2) is 7.45. The number of carboxylic acid groups (broad SMARTS) is 1. The second-order valence-electron chi connectivity index (χ2n) is 4.98. The number of rotatable bonds is 7. The molecule has 6 nitrogen and oxygen atoms in total. The Morgan fingerprint density at radius 1 is 1.42 bits per heavy atom. The van der Waals surface area contributed by atoms with E-state index in [0.717, 1.165) is 12.8 Å². The number of likely N-dealkylation sites (N-methyl/N-ethyl adjacent to an activating group) is 1. The van der Waals surface area contributed by atoms with Crippen molar-refractivity contribution in [3.05, 3.63) is 0 Å². The summed E-state index contributed by atoms with van der Waals surface area (Å²) in [7, 11) is 0. The van der Waals surface area contributed by atoms with Gasteiger partial charge >= 0.3 is 5.97 Å². The lowest BCUT2D eigenvalue weighted by Gasteiger charge is -2.30. The maximum absolute atomic E-state index is 12.2. The minimum absolute atomic E-state index is 0.0785. The summed E-state index contributed by atoms with van der Waals surface area (Å²) in [4.78, 5) is 24.9. The van der Waals surface area contributed by atoms with Gasteiger partial charge in [-0.05, 0) is 13.3 Å². The summed E-state index contributed by atoms with van der Waals surface area (Å²) in [6.45, 7) is 4.81. The number of nitrogens with two attached hydrogens (primary N) is 1. The molecule has 1 saturated heterocycles. The smallest absolute Gasteiger partial charge is 0.311 e. The van der Waals surface area contributed by atoms with Gasteiger partial charge in [-0.1, -0.05) is 13.3 Å². The first-order valence-corrected chi connectivity index (χ1v) is 6.86. The molecule has 1 heterocycles. The van der Waals surface area contributed by atoms with Crippen LogP contribution in [0.5, 0.6) is 0 Å². The molecular formula is C13H24N2O4. The summed E-state index contributed by atoms with van der Waals surface area (Å²) in [6.07, 6.45) is 2.00. The fourth-order valence-corrected chi connectivity index (χ4v) is 2.50. The first-order chi connectivity index (χ1) is 9.01. The molecule has 0 radical (unpaired) electrons. The summed E-state index contributed by atoms with van der Waals surface area (Å²) in [5.74, 6) is -1.62. The highest BCUT2D eigenvalue weighted by molar-refractivity contribution is 5.79. The van der Waals surface area contributed by atoms with Crippen LogP contribution in [0.3, 0.4) is 0 Å². The highest BCUT2D eigenvalue weighted by Crippen LogP contribution is 2.21. The van der Waals surface area contributed by atoms with E-state index in [1.54, 1.807) is 4.90 Å². The van der Waals surface area contributed by atoms with Crippen LogP contribution in [0.15, 0.2) is 0 Å². The van der Waals surface area contributed by atoms with Crippen LogP contribution < -0.4 is 5.73 Å². The zero-order valence-corrected chi connectivity index (χ0v) is 11.7. The van der Waals surface area contributed by atoms with E-state index < -0.39 is 11.9 Å². The van der Waals surface area contributed by atoms with E-state index in [-0.39, 0.29) is 31.0 Å². The van der Waals surface area contributed by atoms with Crippen LogP contribution in [-0.2, 0) is 14.3 Å². The normalized spacial score (nSPS) is 24.2. The quantitative estimate of drug-likeness (QED) is 0.702. The van der Waals surface area contributed by atoms with Crippen LogP contribution in [-0.4, -0.2) is 53.7 Å². The average molecular weight is 272 g/mol.